The molecule has 1 aliphatic heterocycles. The summed E-state index contributed by atoms with van der Waals surface area (Å²) in [6, 6.07) is 39.6. The SMILES string of the molecule is O=C1NC(=O)/C(=C\c2ccc(CCOc3ccc4c(=O)cc(-c5cc(OCc6ccccc6)cc(OCc6ccccc6)c5)oc4c3)cc2)S1. The fraction of sp³-hybridized carbons (Fsp3) is 0.0976. The lowest BCUT2D eigenvalue weighted by atomic mass is 10.1. The molecule has 1 aromatic heterocycles. The van der Waals surface area contributed by atoms with E-state index >= 15 is 0 Å². The maximum absolute atomic E-state index is 13.2. The molecular formula is C41H31NO7S. The Morgan fingerprint density at radius 2 is 1.30 bits per heavy atom. The molecule has 0 aliphatic carbocycles. The Hall–Kier alpha value is -6.06. The van der Waals surface area contributed by atoms with Crippen LogP contribution in [0.5, 0.6) is 17.2 Å². The lowest BCUT2D eigenvalue weighted by molar-refractivity contribution is -0.115. The van der Waals surface area contributed by atoms with Crippen molar-refractivity contribution in [2.45, 2.75) is 19.6 Å². The van der Waals surface area contributed by atoms with Crippen LogP contribution in [-0.4, -0.2) is 17.8 Å². The number of hydrogen-bond acceptors (Lipinski definition) is 8. The predicted octanol–water partition coefficient (Wildman–Crippen LogP) is 8.56. The molecule has 1 N–H and O–H groups in total. The summed E-state index contributed by atoms with van der Waals surface area (Å²) in [7, 11) is 0. The van der Waals surface area contributed by atoms with Crippen LogP contribution in [0, 0.1) is 0 Å². The molecule has 50 heavy (non-hydrogen) atoms. The van der Waals surface area contributed by atoms with Gasteiger partial charge in [-0.1, -0.05) is 84.9 Å². The normalized spacial score (nSPS) is 13.4. The predicted molar refractivity (Wildman–Crippen MR) is 194 cm³/mol. The number of nitrogens with one attached hydrogen (secondary N) is 1. The smallest absolute Gasteiger partial charge is 0.290 e. The number of benzene rings is 5. The van der Waals surface area contributed by atoms with Crippen molar-refractivity contribution in [2.24, 2.45) is 0 Å². The maximum Gasteiger partial charge on any atom is 0.290 e. The average molecular weight is 682 g/mol. The van der Waals surface area contributed by atoms with Gasteiger partial charge >= 0.3 is 0 Å². The van der Waals surface area contributed by atoms with Crippen molar-refractivity contribution >= 4 is 40.0 Å². The van der Waals surface area contributed by atoms with Gasteiger partial charge in [0.15, 0.2) is 5.43 Å². The number of amides is 2. The minimum atomic E-state index is -0.380. The van der Waals surface area contributed by atoms with Crippen LogP contribution in [0.1, 0.15) is 22.3 Å². The zero-order valence-electron chi connectivity index (χ0n) is 26.8. The molecule has 2 amide bonds. The highest BCUT2D eigenvalue weighted by molar-refractivity contribution is 8.18. The van der Waals surface area contributed by atoms with E-state index in [-0.39, 0.29) is 16.6 Å². The Labute approximate surface area is 292 Å². The lowest BCUT2D eigenvalue weighted by Gasteiger charge is -2.13. The zero-order chi connectivity index (χ0) is 34.3. The second-order valence-corrected chi connectivity index (χ2v) is 12.6. The fourth-order valence-corrected chi connectivity index (χ4v) is 6.05. The Morgan fingerprint density at radius 1 is 0.640 bits per heavy atom. The van der Waals surface area contributed by atoms with Gasteiger partial charge in [0.05, 0.1) is 16.9 Å². The summed E-state index contributed by atoms with van der Waals surface area (Å²) in [4.78, 5) is 36.8. The van der Waals surface area contributed by atoms with E-state index < -0.39 is 0 Å². The molecule has 0 radical (unpaired) electrons. The van der Waals surface area contributed by atoms with E-state index in [4.69, 9.17) is 18.6 Å². The topological polar surface area (TPSA) is 104 Å². The first-order valence-electron chi connectivity index (χ1n) is 16.0. The molecule has 248 valence electrons. The Bertz CT molecular complexity index is 2190. The number of fused-ring (bicyclic) bond motifs is 1. The minimum absolute atomic E-state index is 0.178. The number of carbonyl (C=O) groups is 2. The van der Waals surface area contributed by atoms with E-state index in [0.29, 0.717) is 70.7 Å². The number of rotatable bonds is 12. The molecule has 8 nitrogen and oxygen atoms in total. The molecule has 1 saturated heterocycles. The van der Waals surface area contributed by atoms with Crippen LogP contribution >= 0.6 is 11.8 Å². The minimum Gasteiger partial charge on any atom is -0.493 e. The van der Waals surface area contributed by atoms with Crippen LogP contribution in [0.2, 0.25) is 0 Å². The van der Waals surface area contributed by atoms with Crippen LogP contribution in [0.15, 0.2) is 142 Å². The molecule has 1 aliphatic rings. The molecule has 0 unspecified atom stereocenters. The molecule has 0 saturated carbocycles. The largest absolute Gasteiger partial charge is 0.493 e. The zero-order valence-corrected chi connectivity index (χ0v) is 27.6. The third kappa shape index (κ3) is 8.14. The summed E-state index contributed by atoms with van der Waals surface area (Å²) in [6.07, 6.45) is 2.32. The highest BCUT2D eigenvalue weighted by Gasteiger charge is 2.24. The van der Waals surface area contributed by atoms with Crippen LogP contribution in [0.4, 0.5) is 4.79 Å². The summed E-state index contributed by atoms with van der Waals surface area (Å²) in [5.41, 5.74) is 4.78. The monoisotopic (exact) mass is 681 g/mol. The Kier molecular flexibility index (Phi) is 9.75. The molecule has 2 heterocycles. The van der Waals surface area contributed by atoms with E-state index in [1.54, 1.807) is 24.3 Å². The van der Waals surface area contributed by atoms with Crippen molar-refractivity contribution in [3.63, 3.8) is 0 Å². The Morgan fingerprint density at radius 3 is 1.92 bits per heavy atom. The van der Waals surface area contributed by atoms with E-state index in [2.05, 4.69) is 5.32 Å². The summed E-state index contributed by atoms with van der Waals surface area (Å²) in [5.74, 6) is 1.73. The first kappa shape index (κ1) is 32.5. The number of hydrogen-bond donors (Lipinski definition) is 1. The number of ether oxygens (including phenoxy) is 3. The van der Waals surface area contributed by atoms with Crippen molar-refractivity contribution in [3.8, 4) is 28.6 Å². The molecule has 0 atom stereocenters. The van der Waals surface area contributed by atoms with Gasteiger partial charge in [0.25, 0.3) is 11.1 Å². The van der Waals surface area contributed by atoms with Crippen molar-refractivity contribution in [1.82, 2.24) is 5.32 Å². The van der Waals surface area contributed by atoms with Crippen molar-refractivity contribution in [2.75, 3.05) is 6.61 Å². The van der Waals surface area contributed by atoms with Gasteiger partial charge in [0.2, 0.25) is 0 Å². The second kappa shape index (κ2) is 15.0. The van der Waals surface area contributed by atoms with Crippen molar-refractivity contribution in [3.05, 3.63) is 165 Å². The van der Waals surface area contributed by atoms with Gasteiger partial charge in [0.1, 0.15) is 41.8 Å². The molecule has 0 spiro atoms. The second-order valence-electron chi connectivity index (χ2n) is 11.6. The van der Waals surface area contributed by atoms with Crippen molar-refractivity contribution < 1.29 is 28.2 Å². The third-order valence-electron chi connectivity index (χ3n) is 7.94. The van der Waals surface area contributed by atoms with Crippen molar-refractivity contribution in [1.29, 1.82) is 0 Å². The van der Waals surface area contributed by atoms with Crippen LogP contribution in [-0.2, 0) is 24.4 Å². The van der Waals surface area contributed by atoms with E-state index in [0.717, 1.165) is 34.0 Å². The van der Waals surface area contributed by atoms with Gasteiger partial charge < -0.3 is 18.6 Å². The highest BCUT2D eigenvalue weighted by Crippen LogP contribution is 2.33. The van der Waals surface area contributed by atoms with E-state index in [9.17, 15) is 14.4 Å². The van der Waals surface area contributed by atoms with Gasteiger partial charge in [-0.05, 0) is 64.4 Å². The van der Waals surface area contributed by atoms with Crippen LogP contribution < -0.4 is 25.0 Å². The molecule has 0 bridgehead atoms. The molecule has 1 fully saturated rings. The summed E-state index contributed by atoms with van der Waals surface area (Å²) < 4.78 is 24.7. The summed E-state index contributed by atoms with van der Waals surface area (Å²) >= 11 is 0.892. The molecule has 6 aromatic rings. The van der Waals surface area contributed by atoms with Gasteiger partial charge in [-0.3, -0.25) is 19.7 Å². The highest BCUT2D eigenvalue weighted by atomic mass is 32.2. The maximum atomic E-state index is 13.2. The lowest BCUT2D eigenvalue weighted by Crippen LogP contribution is -2.17. The van der Waals surface area contributed by atoms with E-state index in [1.807, 2.05) is 103 Å². The fourth-order valence-electron chi connectivity index (χ4n) is 5.37. The van der Waals surface area contributed by atoms with Crippen LogP contribution in [0.3, 0.4) is 0 Å². The van der Waals surface area contributed by atoms with Gasteiger partial charge in [-0.25, -0.2) is 0 Å². The first-order chi connectivity index (χ1) is 24.4. The molecule has 7 rings (SSSR count). The van der Waals surface area contributed by atoms with Crippen LogP contribution in [0.25, 0.3) is 28.4 Å². The Balaban J connectivity index is 1.07. The third-order valence-corrected chi connectivity index (χ3v) is 8.75. The number of thioether (sulfide) groups is 1. The molecule has 9 heteroatoms. The molecular weight excluding hydrogens is 651 g/mol. The van der Waals surface area contributed by atoms with Gasteiger partial charge in [0, 0.05) is 30.2 Å². The van der Waals surface area contributed by atoms with Gasteiger partial charge in [-0.15, -0.1) is 0 Å². The standard InChI is InChI=1S/C41H31NO7S/c43-36-24-37(31-20-33(47-25-29-7-3-1-4-8-29)22-34(21-31)48-26-30-9-5-2-6-10-30)49-38-23-32(15-16-35(36)38)46-18-17-27-11-13-28(14-12-27)19-39-40(44)42-41(45)50-39/h1-16,19-24H,17-18,25-26H2,(H,42,44,45)/b39-19+. The number of carbonyl (C=O) groups excluding carboxylic acids is 2. The first-order valence-corrected chi connectivity index (χ1v) is 16.8. The average Bonchev–Trinajstić information content (AvgIpc) is 3.46. The van der Waals surface area contributed by atoms with Gasteiger partial charge in [-0.2, -0.15) is 0 Å². The number of imide groups is 1. The quantitative estimate of drug-likeness (QED) is 0.128. The van der Waals surface area contributed by atoms with E-state index in [1.165, 1.54) is 6.07 Å². The summed E-state index contributed by atoms with van der Waals surface area (Å²) in [5, 5.41) is 2.34. The molecule has 5 aromatic carbocycles. The summed E-state index contributed by atoms with van der Waals surface area (Å²) in [6.45, 7) is 1.13.